The van der Waals surface area contributed by atoms with E-state index in [-0.39, 0.29) is 0 Å². The molecule has 0 saturated carbocycles. The molecule has 0 atom stereocenters. The normalized spacial score (nSPS) is 9.22. The lowest BCUT2D eigenvalue weighted by Crippen LogP contribution is -1.90. The van der Waals surface area contributed by atoms with E-state index in [2.05, 4.69) is 26.8 Å². The Bertz CT molecular complexity index is 80.6. The van der Waals surface area contributed by atoms with E-state index in [9.17, 15) is 0 Å². The van der Waals surface area contributed by atoms with Crippen molar-refractivity contribution in [2.75, 3.05) is 13.2 Å². The predicted octanol–water partition coefficient (Wildman–Crippen LogP) is 2.19. The van der Waals surface area contributed by atoms with Gasteiger partial charge in [-0.3, -0.25) is 0 Å². The van der Waals surface area contributed by atoms with Crippen LogP contribution in [0.25, 0.3) is 0 Å². The molecule has 0 aromatic rings. The van der Waals surface area contributed by atoms with Crippen LogP contribution in [-0.2, 0) is 4.74 Å². The summed E-state index contributed by atoms with van der Waals surface area (Å²) in [6.07, 6.45) is 3.17. The Morgan fingerprint density at radius 1 is 1.56 bits per heavy atom. The Morgan fingerprint density at radius 3 is 2.67 bits per heavy atom. The fourth-order valence-corrected chi connectivity index (χ4v) is 0.533. The van der Waals surface area contributed by atoms with E-state index < -0.39 is 0 Å². The van der Waals surface area contributed by atoms with Crippen LogP contribution in [0.15, 0.2) is 11.6 Å². The third-order valence-electron chi connectivity index (χ3n) is 0.959. The molecule has 1 nitrogen and oxygen atoms in total. The molecule has 0 saturated heterocycles. The fourth-order valence-electron chi connectivity index (χ4n) is 0.533. The van der Waals surface area contributed by atoms with Crippen molar-refractivity contribution in [3.8, 4) is 0 Å². The first-order valence-corrected chi connectivity index (χ1v) is 3.27. The van der Waals surface area contributed by atoms with Crippen LogP contribution < -0.4 is 0 Å². The molecule has 0 aliphatic heterocycles. The first-order valence-electron chi connectivity index (χ1n) is 3.27. The van der Waals surface area contributed by atoms with Crippen LogP contribution in [0, 0.1) is 6.92 Å². The smallest absolute Gasteiger partial charge is 0.0500 e. The van der Waals surface area contributed by atoms with Gasteiger partial charge < -0.3 is 4.74 Å². The van der Waals surface area contributed by atoms with E-state index in [0.717, 1.165) is 13.0 Å². The molecule has 0 aliphatic rings. The largest absolute Gasteiger partial charge is 0.381 e. The standard InChI is InChI=1S/C8H15O/c1-4-9-7-5-6-8(2)3/h6H,1,4-5,7H2,2-3H3. The summed E-state index contributed by atoms with van der Waals surface area (Å²) < 4.78 is 5.03. The molecule has 0 unspecified atom stereocenters. The van der Waals surface area contributed by atoms with Crippen LogP contribution >= 0.6 is 0 Å². The molecular weight excluding hydrogens is 112 g/mol. The summed E-state index contributed by atoms with van der Waals surface area (Å²) in [5.41, 5.74) is 1.35. The van der Waals surface area contributed by atoms with Gasteiger partial charge in [-0.1, -0.05) is 11.6 Å². The molecule has 0 rings (SSSR count). The summed E-state index contributed by atoms with van der Waals surface area (Å²) in [5.74, 6) is 0. The number of hydrogen-bond acceptors (Lipinski definition) is 1. The summed E-state index contributed by atoms with van der Waals surface area (Å²) in [4.78, 5) is 0. The highest BCUT2D eigenvalue weighted by molar-refractivity contribution is 4.92. The van der Waals surface area contributed by atoms with Gasteiger partial charge in [0, 0.05) is 6.61 Å². The summed E-state index contributed by atoms with van der Waals surface area (Å²) in [5, 5.41) is 0. The first-order chi connectivity index (χ1) is 4.27. The SMILES string of the molecule is [CH2]COCCC=C(C)C. The van der Waals surface area contributed by atoms with Gasteiger partial charge >= 0.3 is 0 Å². The molecule has 0 spiro atoms. The minimum atomic E-state index is 0.580. The second-order valence-corrected chi connectivity index (χ2v) is 2.18. The maximum Gasteiger partial charge on any atom is 0.0500 e. The molecule has 0 heterocycles. The van der Waals surface area contributed by atoms with Gasteiger partial charge in [-0.05, 0) is 27.2 Å². The van der Waals surface area contributed by atoms with Gasteiger partial charge in [0.2, 0.25) is 0 Å². The first kappa shape index (κ1) is 8.70. The molecule has 0 aliphatic carbocycles. The zero-order valence-corrected chi connectivity index (χ0v) is 6.31. The van der Waals surface area contributed by atoms with Crippen LogP contribution in [-0.4, -0.2) is 13.2 Å². The topological polar surface area (TPSA) is 9.23 Å². The van der Waals surface area contributed by atoms with Crippen molar-refractivity contribution < 1.29 is 4.74 Å². The van der Waals surface area contributed by atoms with Gasteiger partial charge in [0.1, 0.15) is 0 Å². The van der Waals surface area contributed by atoms with Crippen molar-refractivity contribution in [2.45, 2.75) is 20.3 Å². The van der Waals surface area contributed by atoms with Crippen LogP contribution in [0.1, 0.15) is 20.3 Å². The molecule has 1 heteroatoms. The maximum absolute atomic E-state index is 5.03. The molecular formula is C8H15O. The molecule has 0 aromatic carbocycles. The molecule has 0 amide bonds. The summed E-state index contributed by atoms with van der Waals surface area (Å²) in [6, 6.07) is 0. The highest BCUT2D eigenvalue weighted by Gasteiger charge is 1.80. The van der Waals surface area contributed by atoms with Gasteiger partial charge in [0.05, 0.1) is 6.61 Å². The number of rotatable bonds is 4. The lowest BCUT2D eigenvalue weighted by Gasteiger charge is -1.95. The quantitative estimate of drug-likeness (QED) is 0.415. The van der Waals surface area contributed by atoms with Gasteiger partial charge in [0.15, 0.2) is 0 Å². The zero-order chi connectivity index (χ0) is 7.11. The van der Waals surface area contributed by atoms with Crippen LogP contribution in [0.4, 0.5) is 0 Å². The number of hydrogen-bond donors (Lipinski definition) is 0. The maximum atomic E-state index is 5.03. The zero-order valence-electron chi connectivity index (χ0n) is 6.31. The summed E-state index contributed by atoms with van der Waals surface area (Å²) in [6.45, 7) is 9.11. The van der Waals surface area contributed by atoms with E-state index in [4.69, 9.17) is 4.74 Å². The van der Waals surface area contributed by atoms with E-state index in [0.29, 0.717) is 6.61 Å². The third kappa shape index (κ3) is 7.70. The van der Waals surface area contributed by atoms with E-state index in [1.165, 1.54) is 5.57 Å². The van der Waals surface area contributed by atoms with Crippen molar-refractivity contribution in [3.05, 3.63) is 18.6 Å². The van der Waals surface area contributed by atoms with Gasteiger partial charge in [-0.15, -0.1) is 0 Å². The fraction of sp³-hybridized carbons (Fsp3) is 0.625. The molecule has 53 valence electrons. The van der Waals surface area contributed by atoms with Gasteiger partial charge in [-0.25, -0.2) is 0 Å². The minimum Gasteiger partial charge on any atom is -0.381 e. The molecule has 0 aromatic heterocycles. The van der Waals surface area contributed by atoms with Crippen molar-refractivity contribution in [1.29, 1.82) is 0 Å². The van der Waals surface area contributed by atoms with E-state index in [1.807, 2.05) is 0 Å². The Labute approximate surface area is 57.7 Å². The van der Waals surface area contributed by atoms with Crippen LogP contribution in [0.5, 0.6) is 0 Å². The van der Waals surface area contributed by atoms with Crippen LogP contribution in [0.3, 0.4) is 0 Å². The van der Waals surface area contributed by atoms with Gasteiger partial charge in [0.25, 0.3) is 0 Å². The number of ether oxygens (including phenoxy) is 1. The highest BCUT2D eigenvalue weighted by atomic mass is 16.5. The van der Waals surface area contributed by atoms with Crippen LogP contribution in [0.2, 0.25) is 0 Å². The summed E-state index contributed by atoms with van der Waals surface area (Å²) >= 11 is 0. The highest BCUT2D eigenvalue weighted by Crippen LogP contribution is 1.92. The molecule has 1 radical (unpaired) electrons. The average Bonchev–Trinajstić information content (AvgIpc) is 1.80. The van der Waals surface area contributed by atoms with Crippen molar-refractivity contribution in [1.82, 2.24) is 0 Å². The van der Waals surface area contributed by atoms with Gasteiger partial charge in [-0.2, -0.15) is 0 Å². The Kier molecular flexibility index (Phi) is 5.64. The Hall–Kier alpha value is -0.300. The second kappa shape index (κ2) is 5.83. The Balaban J connectivity index is 3.00. The lowest BCUT2D eigenvalue weighted by molar-refractivity contribution is 0.166. The van der Waals surface area contributed by atoms with Crippen molar-refractivity contribution in [3.63, 3.8) is 0 Å². The minimum absolute atomic E-state index is 0.580. The Morgan fingerprint density at radius 2 is 2.22 bits per heavy atom. The van der Waals surface area contributed by atoms with E-state index >= 15 is 0 Å². The van der Waals surface area contributed by atoms with E-state index in [1.54, 1.807) is 0 Å². The monoisotopic (exact) mass is 127 g/mol. The molecule has 0 bridgehead atoms. The molecule has 0 fully saturated rings. The average molecular weight is 127 g/mol. The second-order valence-electron chi connectivity index (χ2n) is 2.18. The van der Waals surface area contributed by atoms with Crippen molar-refractivity contribution in [2.24, 2.45) is 0 Å². The number of allylic oxidation sites excluding steroid dienone is 1. The molecule has 0 N–H and O–H groups in total. The van der Waals surface area contributed by atoms with Crippen molar-refractivity contribution >= 4 is 0 Å². The predicted molar refractivity (Wildman–Crippen MR) is 40.2 cm³/mol. The summed E-state index contributed by atoms with van der Waals surface area (Å²) in [7, 11) is 0. The lowest BCUT2D eigenvalue weighted by atomic mass is 10.3. The molecule has 9 heavy (non-hydrogen) atoms. The third-order valence-corrected chi connectivity index (χ3v) is 0.959.